The zero-order chi connectivity index (χ0) is 16.4. The van der Waals surface area contributed by atoms with Crippen molar-refractivity contribution < 1.29 is 4.74 Å². The monoisotopic (exact) mass is 302 g/mol. The molecule has 0 aliphatic heterocycles. The summed E-state index contributed by atoms with van der Waals surface area (Å²) in [5.41, 5.74) is 5.71. The molecule has 0 atom stereocenters. The first-order valence-electron chi connectivity index (χ1n) is 8.87. The Kier molecular flexibility index (Phi) is 8.96. The molecule has 0 bridgehead atoms. The lowest BCUT2D eigenvalue weighted by Gasteiger charge is -2.11. The molecule has 124 valence electrons. The van der Waals surface area contributed by atoms with Crippen molar-refractivity contribution in [1.82, 2.24) is 0 Å². The molecule has 0 aliphatic rings. The van der Waals surface area contributed by atoms with Gasteiger partial charge in [0.05, 0.1) is 7.11 Å². The van der Waals surface area contributed by atoms with E-state index in [1.54, 1.807) is 12.7 Å². The lowest BCUT2D eigenvalue weighted by molar-refractivity contribution is 0.411. The Balaban J connectivity index is 2.44. The Bertz CT molecular complexity index is 471. The van der Waals surface area contributed by atoms with Crippen molar-refractivity contribution in [3.8, 4) is 5.75 Å². The van der Waals surface area contributed by atoms with Crippen molar-refractivity contribution in [1.29, 1.82) is 0 Å². The van der Waals surface area contributed by atoms with Gasteiger partial charge in [0.25, 0.3) is 0 Å². The average molecular weight is 303 g/mol. The Hall–Kier alpha value is -1.24. The Morgan fingerprint density at radius 1 is 0.955 bits per heavy atom. The molecule has 22 heavy (non-hydrogen) atoms. The maximum Gasteiger partial charge on any atom is 0.121 e. The van der Waals surface area contributed by atoms with Gasteiger partial charge in [0.15, 0.2) is 0 Å². The number of ether oxygens (including phenoxy) is 1. The molecule has 0 radical (unpaired) electrons. The number of methoxy groups -OCH3 is 1. The van der Waals surface area contributed by atoms with Crippen LogP contribution >= 0.6 is 0 Å². The lowest BCUT2D eigenvalue weighted by atomic mass is 9.97. The fourth-order valence-corrected chi connectivity index (χ4v) is 2.89. The molecule has 0 saturated heterocycles. The number of hydrogen-bond donors (Lipinski definition) is 0. The summed E-state index contributed by atoms with van der Waals surface area (Å²) in [7, 11) is 1.73. The van der Waals surface area contributed by atoms with Gasteiger partial charge in [-0.05, 0) is 57.2 Å². The van der Waals surface area contributed by atoms with E-state index in [0.29, 0.717) is 0 Å². The summed E-state index contributed by atoms with van der Waals surface area (Å²) < 4.78 is 5.33. The predicted molar refractivity (Wildman–Crippen MR) is 97.8 cm³/mol. The highest BCUT2D eigenvalue weighted by atomic mass is 16.5. The summed E-state index contributed by atoms with van der Waals surface area (Å²) in [6, 6.07) is 6.52. The molecule has 0 unspecified atom stereocenters. The molecule has 1 rings (SSSR count). The van der Waals surface area contributed by atoms with Gasteiger partial charge in [-0.2, -0.15) is 0 Å². The van der Waals surface area contributed by atoms with E-state index in [4.69, 9.17) is 4.74 Å². The zero-order valence-electron chi connectivity index (χ0n) is 15.3. The van der Waals surface area contributed by atoms with Crippen LogP contribution in [-0.2, 0) is 6.42 Å². The lowest BCUT2D eigenvalue weighted by Crippen LogP contribution is -1.94. The van der Waals surface area contributed by atoms with Crippen LogP contribution in [-0.4, -0.2) is 7.11 Å². The molecule has 0 aromatic heterocycles. The van der Waals surface area contributed by atoms with E-state index in [9.17, 15) is 0 Å². The molecule has 1 aromatic carbocycles. The van der Waals surface area contributed by atoms with Gasteiger partial charge >= 0.3 is 0 Å². The van der Waals surface area contributed by atoms with Gasteiger partial charge in [-0.3, -0.25) is 0 Å². The smallest absolute Gasteiger partial charge is 0.121 e. The Labute approximate surface area is 137 Å². The molecule has 1 heteroatoms. The van der Waals surface area contributed by atoms with Crippen LogP contribution in [0, 0.1) is 6.92 Å². The zero-order valence-corrected chi connectivity index (χ0v) is 15.3. The fraction of sp³-hybridized carbons (Fsp3) is 0.619. The van der Waals surface area contributed by atoms with E-state index in [0.717, 1.165) is 12.2 Å². The minimum atomic E-state index is 0.981. The summed E-state index contributed by atoms with van der Waals surface area (Å²) in [4.78, 5) is 0. The van der Waals surface area contributed by atoms with Crippen molar-refractivity contribution in [2.45, 2.75) is 79.1 Å². The van der Waals surface area contributed by atoms with Crippen LogP contribution < -0.4 is 4.74 Å². The van der Waals surface area contributed by atoms with Gasteiger partial charge in [0, 0.05) is 0 Å². The maximum absolute atomic E-state index is 5.33. The number of aryl methyl sites for hydroxylation is 1. The number of rotatable bonds is 10. The SMILES string of the molecule is CCCCCCCC/C(C)=C(\C)Cc1ccc(OC)c(C)c1. The number of hydrogen-bond acceptors (Lipinski definition) is 1. The van der Waals surface area contributed by atoms with Crippen molar-refractivity contribution in [2.24, 2.45) is 0 Å². The highest BCUT2D eigenvalue weighted by Crippen LogP contribution is 2.22. The summed E-state index contributed by atoms with van der Waals surface area (Å²) in [6.45, 7) is 8.98. The topological polar surface area (TPSA) is 9.23 Å². The minimum Gasteiger partial charge on any atom is -0.496 e. The van der Waals surface area contributed by atoms with Gasteiger partial charge in [-0.15, -0.1) is 0 Å². The quantitative estimate of drug-likeness (QED) is 0.348. The molecule has 1 aromatic rings. The van der Waals surface area contributed by atoms with Gasteiger partial charge in [-0.1, -0.05) is 62.3 Å². The summed E-state index contributed by atoms with van der Waals surface area (Å²) in [5.74, 6) is 0.981. The maximum atomic E-state index is 5.33. The first-order chi connectivity index (χ1) is 10.6. The second-order valence-electron chi connectivity index (χ2n) is 6.56. The van der Waals surface area contributed by atoms with E-state index >= 15 is 0 Å². The first kappa shape index (κ1) is 18.8. The van der Waals surface area contributed by atoms with Gasteiger partial charge < -0.3 is 4.74 Å². The van der Waals surface area contributed by atoms with Crippen molar-refractivity contribution in [3.05, 3.63) is 40.5 Å². The highest BCUT2D eigenvalue weighted by Gasteiger charge is 2.03. The van der Waals surface area contributed by atoms with Crippen LogP contribution in [0.1, 0.15) is 76.8 Å². The number of allylic oxidation sites excluding steroid dienone is 2. The van der Waals surface area contributed by atoms with Gasteiger partial charge in [0.2, 0.25) is 0 Å². The molecular weight excluding hydrogens is 268 g/mol. The van der Waals surface area contributed by atoms with E-state index < -0.39 is 0 Å². The van der Waals surface area contributed by atoms with Gasteiger partial charge in [0.1, 0.15) is 5.75 Å². The third-order valence-corrected chi connectivity index (χ3v) is 4.56. The molecule has 0 N–H and O–H groups in total. The predicted octanol–water partition coefficient (Wildman–Crippen LogP) is 6.63. The van der Waals surface area contributed by atoms with E-state index in [1.807, 2.05) is 0 Å². The molecule has 0 saturated carbocycles. The molecule has 0 fully saturated rings. The fourth-order valence-electron chi connectivity index (χ4n) is 2.89. The average Bonchev–Trinajstić information content (AvgIpc) is 2.50. The summed E-state index contributed by atoms with van der Waals surface area (Å²) in [6.07, 6.45) is 10.6. The largest absolute Gasteiger partial charge is 0.496 e. The molecule has 0 amide bonds. The van der Waals surface area contributed by atoms with Crippen LogP contribution in [0.2, 0.25) is 0 Å². The normalized spacial score (nSPS) is 12.2. The van der Waals surface area contributed by atoms with Crippen molar-refractivity contribution in [3.63, 3.8) is 0 Å². The van der Waals surface area contributed by atoms with E-state index in [2.05, 4.69) is 45.9 Å². The van der Waals surface area contributed by atoms with E-state index in [1.165, 1.54) is 61.6 Å². The number of unbranched alkanes of at least 4 members (excludes halogenated alkanes) is 5. The second-order valence-corrected chi connectivity index (χ2v) is 6.56. The third-order valence-electron chi connectivity index (χ3n) is 4.56. The van der Waals surface area contributed by atoms with Crippen LogP contribution in [0.5, 0.6) is 5.75 Å². The molecule has 0 heterocycles. The highest BCUT2D eigenvalue weighted by molar-refractivity contribution is 5.37. The molecular formula is C21H34O. The van der Waals surface area contributed by atoms with Gasteiger partial charge in [-0.25, -0.2) is 0 Å². The van der Waals surface area contributed by atoms with Crippen LogP contribution in [0.3, 0.4) is 0 Å². The molecule has 1 nitrogen and oxygen atoms in total. The Morgan fingerprint density at radius 3 is 2.27 bits per heavy atom. The number of benzene rings is 1. The summed E-state index contributed by atoms with van der Waals surface area (Å²) >= 11 is 0. The molecule has 0 spiro atoms. The Morgan fingerprint density at radius 2 is 1.64 bits per heavy atom. The minimum absolute atomic E-state index is 0.981. The van der Waals surface area contributed by atoms with Crippen LogP contribution in [0.15, 0.2) is 29.3 Å². The van der Waals surface area contributed by atoms with E-state index in [-0.39, 0.29) is 0 Å². The van der Waals surface area contributed by atoms with Crippen LogP contribution in [0.4, 0.5) is 0 Å². The summed E-state index contributed by atoms with van der Waals surface area (Å²) in [5, 5.41) is 0. The van der Waals surface area contributed by atoms with Crippen molar-refractivity contribution in [2.75, 3.05) is 7.11 Å². The van der Waals surface area contributed by atoms with Crippen LogP contribution in [0.25, 0.3) is 0 Å². The van der Waals surface area contributed by atoms with Crippen molar-refractivity contribution >= 4 is 0 Å². The second kappa shape index (κ2) is 10.5. The standard InChI is InChI=1S/C21H34O/c1-6-7-8-9-10-11-12-17(2)18(3)15-20-13-14-21(22-5)19(4)16-20/h13-14,16H,6-12,15H2,1-5H3/b18-17+. The molecule has 0 aliphatic carbocycles. The first-order valence-corrected chi connectivity index (χ1v) is 8.87. The third kappa shape index (κ3) is 6.68.